The van der Waals surface area contributed by atoms with Gasteiger partial charge in [-0.05, 0) is 24.3 Å². The number of carboxylic acids is 1. The highest BCUT2D eigenvalue weighted by atomic mass is 35.5. The number of amides is 1. The van der Waals surface area contributed by atoms with Crippen molar-refractivity contribution in [1.82, 2.24) is 9.62 Å². The zero-order chi connectivity index (χ0) is 18.3. The number of aliphatic carboxylic acids is 1. The molecule has 0 aliphatic carbocycles. The van der Waals surface area contributed by atoms with Crippen LogP contribution >= 0.6 is 11.6 Å². The number of nitrogens with one attached hydrogen (secondary N) is 1. The molecule has 1 aromatic rings. The van der Waals surface area contributed by atoms with Gasteiger partial charge in [-0.3, -0.25) is 4.79 Å². The molecule has 134 valence electrons. The quantitative estimate of drug-likeness (QED) is 0.649. The van der Waals surface area contributed by atoms with Crippen LogP contribution in [0.4, 0.5) is 0 Å². The van der Waals surface area contributed by atoms with Gasteiger partial charge in [0.1, 0.15) is 6.04 Å². The van der Waals surface area contributed by atoms with Crippen LogP contribution in [0.3, 0.4) is 0 Å². The lowest BCUT2D eigenvalue weighted by Gasteiger charge is -2.19. The van der Waals surface area contributed by atoms with Crippen molar-refractivity contribution >= 4 is 33.5 Å². The van der Waals surface area contributed by atoms with Crippen molar-refractivity contribution < 1.29 is 27.9 Å². The van der Waals surface area contributed by atoms with Crippen molar-refractivity contribution in [2.45, 2.75) is 17.4 Å². The molecule has 0 saturated carbocycles. The minimum absolute atomic E-state index is 0.0173. The fourth-order valence-electron chi connectivity index (χ4n) is 1.81. The number of carbonyl (C=O) groups is 2. The Kier molecular flexibility index (Phi) is 7.61. The molecule has 1 aromatic carbocycles. The van der Waals surface area contributed by atoms with Crippen molar-refractivity contribution in [2.75, 3.05) is 27.3 Å². The number of rotatable bonds is 9. The summed E-state index contributed by atoms with van der Waals surface area (Å²) in [5.41, 5.74) is 0. The average Bonchev–Trinajstić information content (AvgIpc) is 2.51. The molecule has 0 spiro atoms. The molecule has 0 saturated heterocycles. The summed E-state index contributed by atoms with van der Waals surface area (Å²) < 4.78 is 30.3. The maximum Gasteiger partial charge on any atom is 0.326 e. The van der Waals surface area contributed by atoms with Crippen LogP contribution in [0.15, 0.2) is 29.2 Å². The van der Waals surface area contributed by atoms with Crippen molar-refractivity contribution in [3.63, 3.8) is 0 Å². The molecule has 0 fully saturated rings. The summed E-state index contributed by atoms with van der Waals surface area (Å²) in [7, 11) is -1.24. The lowest BCUT2D eigenvalue weighted by atomic mass is 10.2. The number of likely N-dealkylation sites (N-methyl/N-ethyl adjacent to an activating group) is 1. The summed E-state index contributed by atoms with van der Waals surface area (Å²) in [4.78, 5) is 23.0. The zero-order valence-electron chi connectivity index (χ0n) is 13.2. The van der Waals surface area contributed by atoms with E-state index in [2.05, 4.69) is 5.32 Å². The maximum absolute atomic E-state index is 12.3. The molecule has 1 amide bonds. The van der Waals surface area contributed by atoms with Gasteiger partial charge in [0.2, 0.25) is 15.9 Å². The lowest BCUT2D eigenvalue weighted by molar-refractivity contribution is -0.142. The third-order valence-electron chi connectivity index (χ3n) is 3.13. The average molecular weight is 379 g/mol. The van der Waals surface area contributed by atoms with Gasteiger partial charge in [-0.25, -0.2) is 13.2 Å². The molecule has 2 N–H and O–H groups in total. The number of sulfonamides is 1. The SMILES string of the molecule is COCCC(NC(=O)CN(C)S(=O)(=O)c1ccc(Cl)cc1)C(=O)O. The molecular weight excluding hydrogens is 360 g/mol. The molecule has 8 nitrogen and oxygen atoms in total. The molecular formula is C14H19ClN2O6S. The zero-order valence-corrected chi connectivity index (χ0v) is 14.8. The Labute approximate surface area is 145 Å². The standard InChI is InChI=1S/C14H19ClN2O6S/c1-17(24(21,22)11-5-3-10(15)4-6-11)9-13(18)16-12(14(19)20)7-8-23-2/h3-6,12H,7-9H2,1-2H3,(H,16,18)(H,19,20). The molecule has 0 aliphatic rings. The van der Waals surface area contributed by atoms with Gasteiger partial charge in [0.05, 0.1) is 11.4 Å². The van der Waals surface area contributed by atoms with Gasteiger partial charge in [0.25, 0.3) is 0 Å². The molecule has 0 aromatic heterocycles. The monoisotopic (exact) mass is 378 g/mol. The normalized spacial score (nSPS) is 12.8. The fraction of sp³-hybridized carbons (Fsp3) is 0.429. The molecule has 0 radical (unpaired) electrons. The van der Waals surface area contributed by atoms with Gasteiger partial charge >= 0.3 is 5.97 Å². The van der Waals surface area contributed by atoms with Crippen LogP contribution in [-0.2, 0) is 24.3 Å². The van der Waals surface area contributed by atoms with Crippen LogP contribution in [0.5, 0.6) is 0 Å². The van der Waals surface area contributed by atoms with Gasteiger partial charge in [-0.2, -0.15) is 4.31 Å². The Morgan fingerprint density at radius 3 is 2.42 bits per heavy atom. The van der Waals surface area contributed by atoms with E-state index >= 15 is 0 Å². The van der Waals surface area contributed by atoms with E-state index in [1.807, 2.05) is 0 Å². The van der Waals surface area contributed by atoms with Crippen molar-refractivity contribution in [1.29, 1.82) is 0 Å². The Morgan fingerprint density at radius 1 is 1.33 bits per heavy atom. The van der Waals surface area contributed by atoms with Crippen molar-refractivity contribution in [3.8, 4) is 0 Å². The molecule has 0 aliphatic heterocycles. The number of benzene rings is 1. The fourth-order valence-corrected chi connectivity index (χ4v) is 3.06. The number of nitrogens with zero attached hydrogens (tertiary/aromatic N) is 1. The van der Waals surface area contributed by atoms with Crippen LogP contribution in [0.2, 0.25) is 5.02 Å². The topological polar surface area (TPSA) is 113 Å². The number of hydrogen-bond acceptors (Lipinski definition) is 5. The van der Waals surface area contributed by atoms with Gasteiger partial charge in [-0.15, -0.1) is 0 Å². The Balaban J connectivity index is 2.74. The van der Waals surface area contributed by atoms with Crippen LogP contribution in [0.1, 0.15) is 6.42 Å². The van der Waals surface area contributed by atoms with Crippen LogP contribution in [0, 0.1) is 0 Å². The van der Waals surface area contributed by atoms with E-state index in [0.29, 0.717) is 5.02 Å². The predicted octanol–water partition coefficient (Wildman–Crippen LogP) is 0.566. The predicted molar refractivity (Wildman–Crippen MR) is 87.3 cm³/mol. The Bertz CT molecular complexity index is 677. The number of carboxylic acid groups (broad SMARTS) is 1. The number of halogens is 1. The minimum Gasteiger partial charge on any atom is -0.480 e. The van der Waals surface area contributed by atoms with Crippen LogP contribution in [0.25, 0.3) is 0 Å². The maximum atomic E-state index is 12.3. The van der Waals surface area contributed by atoms with Gasteiger partial charge in [0.15, 0.2) is 0 Å². The first kappa shape index (κ1) is 20.4. The van der Waals surface area contributed by atoms with E-state index in [0.717, 1.165) is 4.31 Å². The first-order valence-electron chi connectivity index (χ1n) is 6.91. The van der Waals surface area contributed by atoms with Gasteiger partial charge < -0.3 is 15.2 Å². The summed E-state index contributed by atoms with van der Waals surface area (Å²) >= 11 is 5.72. The second-order valence-electron chi connectivity index (χ2n) is 4.95. The first-order valence-corrected chi connectivity index (χ1v) is 8.73. The number of hydrogen-bond donors (Lipinski definition) is 2. The molecule has 1 unspecified atom stereocenters. The Morgan fingerprint density at radius 2 is 1.92 bits per heavy atom. The molecule has 1 rings (SSSR count). The van der Waals surface area contributed by atoms with E-state index < -0.39 is 34.5 Å². The second-order valence-corrected chi connectivity index (χ2v) is 7.44. The largest absolute Gasteiger partial charge is 0.480 e. The summed E-state index contributed by atoms with van der Waals surface area (Å²) in [5, 5.41) is 11.7. The second kappa shape index (κ2) is 8.97. The third kappa shape index (κ3) is 5.75. The van der Waals surface area contributed by atoms with Crippen LogP contribution in [-0.4, -0.2) is 63.1 Å². The molecule has 0 bridgehead atoms. The van der Waals surface area contributed by atoms with Crippen LogP contribution < -0.4 is 5.32 Å². The van der Waals surface area contributed by atoms with Gasteiger partial charge in [-0.1, -0.05) is 11.6 Å². The van der Waals surface area contributed by atoms with Crippen molar-refractivity contribution in [2.24, 2.45) is 0 Å². The third-order valence-corrected chi connectivity index (χ3v) is 5.20. The molecule has 24 heavy (non-hydrogen) atoms. The van der Waals surface area contributed by atoms with E-state index in [1.54, 1.807) is 0 Å². The summed E-state index contributed by atoms with van der Waals surface area (Å²) in [5.74, 6) is -1.94. The smallest absolute Gasteiger partial charge is 0.326 e. The molecule has 10 heteroatoms. The number of methoxy groups -OCH3 is 1. The number of ether oxygens (including phenoxy) is 1. The summed E-state index contributed by atoms with van der Waals surface area (Å²) in [6, 6.07) is 4.35. The molecule has 0 heterocycles. The van der Waals surface area contributed by atoms with E-state index in [4.69, 9.17) is 21.4 Å². The highest BCUT2D eigenvalue weighted by Crippen LogP contribution is 2.17. The van der Waals surface area contributed by atoms with E-state index in [1.165, 1.54) is 38.4 Å². The summed E-state index contributed by atoms with van der Waals surface area (Å²) in [6.07, 6.45) is 0.0746. The van der Waals surface area contributed by atoms with E-state index in [9.17, 15) is 18.0 Å². The first-order chi connectivity index (χ1) is 11.2. The highest BCUT2D eigenvalue weighted by Gasteiger charge is 2.25. The van der Waals surface area contributed by atoms with Gasteiger partial charge in [0, 0.05) is 32.2 Å². The Hall–Kier alpha value is -1.68. The number of carbonyl (C=O) groups excluding carboxylic acids is 1. The minimum atomic E-state index is -3.88. The van der Waals surface area contributed by atoms with E-state index in [-0.39, 0.29) is 17.9 Å². The van der Waals surface area contributed by atoms with Crippen molar-refractivity contribution in [3.05, 3.63) is 29.3 Å². The lowest BCUT2D eigenvalue weighted by Crippen LogP contribution is -2.46. The highest BCUT2D eigenvalue weighted by molar-refractivity contribution is 7.89. The summed E-state index contributed by atoms with van der Waals surface area (Å²) in [6.45, 7) is -0.363. The molecule has 1 atom stereocenters.